The van der Waals surface area contributed by atoms with E-state index in [4.69, 9.17) is 5.73 Å². The monoisotopic (exact) mass is 297 g/mol. The van der Waals surface area contributed by atoms with Crippen molar-refractivity contribution in [1.82, 2.24) is 10.9 Å². The number of nitrogens with one attached hydrogen (secondary N) is 2. The number of hydrogen-bond donors (Lipinski definition) is 3. The van der Waals surface area contributed by atoms with Crippen LogP contribution in [0.2, 0.25) is 0 Å². The van der Waals surface area contributed by atoms with Crippen molar-refractivity contribution in [3.05, 3.63) is 70.8 Å². The number of hydrogen-bond acceptors (Lipinski definition) is 3. The van der Waals surface area contributed by atoms with Gasteiger partial charge in [-0.3, -0.25) is 15.0 Å². The number of rotatable bonds is 5. The molecule has 5 nitrogen and oxygen atoms in total. The maximum absolute atomic E-state index is 12.2. The van der Waals surface area contributed by atoms with E-state index in [-0.39, 0.29) is 5.91 Å². The fourth-order valence-electron chi connectivity index (χ4n) is 2.24. The molecule has 2 amide bonds. The summed E-state index contributed by atoms with van der Waals surface area (Å²) >= 11 is 0. The van der Waals surface area contributed by atoms with Crippen LogP contribution in [0.25, 0.3) is 0 Å². The largest absolute Gasteiger partial charge is 0.368 e. The minimum atomic E-state index is -0.782. The number of amides is 2. The zero-order valence-electron chi connectivity index (χ0n) is 12.6. The van der Waals surface area contributed by atoms with Crippen molar-refractivity contribution in [2.75, 3.05) is 0 Å². The normalized spacial score (nSPS) is 11.7. The van der Waals surface area contributed by atoms with Gasteiger partial charge in [0.25, 0.3) is 5.91 Å². The van der Waals surface area contributed by atoms with Gasteiger partial charge in [-0.25, -0.2) is 5.43 Å². The van der Waals surface area contributed by atoms with E-state index in [2.05, 4.69) is 10.9 Å². The molecule has 0 aromatic heterocycles. The number of hydrazine groups is 1. The second-order valence-corrected chi connectivity index (χ2v) is 5.16. The summed E-state index contributed by atoms with van der Waals surface area (Å²) in [7, 11) is 0. The first-order chi connectivity index (χ1) is 10.5. The van der Waals surface area contributed by atoms with Crippen LogP contribution in [0.4, 0.5) is 0 Å². The molecule has 0 spiro atoms. The van der Waals surface area contributed by atoms with Crippen LogP contribution in [0, 0.1) is 13.8 Å². The highest BCUT2D eigenvalue weighted by atomic mass is 16.2. The van der Waals surface area contributed by atoms with E-state index in [1.165, 1.54) is 0 Å². The molecule has 0 radical (unpaired) electrons. The Balaban J connectivity index is 2.10. The van der Waals surface area contributed by atoms with Gasteiger partial charge in [-0.2, -0.15) is 0 Å². The first-order valence-corrected chi connectivity index (χ1v) is 6.96. The van der Waals surface area contributed by atoms with Crippen LogP contribution in [-0.4, -0.2) is 11.8 Å². The topological polar surface area (TPSA) is 84.2 Å². The third-order valence-corrected chi connectivity index (χ3v) is 3.37. The molecule has 0 aliphatic carbocycles. The number of primary amides is 1. The first-order valence-electron chi connectivity index (χ1n) is 6.96. The molecule has 1 atom stereocenters. The van der Waals surface area contributed by atoms with Gasteiger partial charge in [0, 0.05) is 5.56 Å². The van der Waals surface area contributed by atoms with Gasteiger partial charge < -0.3 is 5.73 Å². The average molecular weight is 297 g/mol. The Labute approximate surface area is 129 Å². The molecule has 0 aliphatic heterocycles. The quantitative estimate of drug-likeness (QED) is 0.735. The molecular formula is C17H19N3O2. The predicted molar refractivity (Wildman–Crippen MR) is 84.9 cm³/mol. The molecule has 0 heterocycles. The van der Waals surface area contributed by atoms with E-state index in [0.717, 1.165) is 11.1 Å². The van der Waals surface area contributed by atoms with E-state index in [9.17, 15) is 9.59 Å². The van der Waals surface area contributed by atoms with Gasteiger partial charge in [-0.15, -0.1) is 0 Å². The summed E-state index contributed by atoms with van der Waals surface area (Å²) in [5.74, 6) is -0.869. The van der Waals surface area contributed by atoms with Gasteiger partial charge in [0.1, 0.15) is 6.04 Å². The maximum atomic E-state index is 12.2. The SMILES string of the molecule is Cc1ccc(C(=O)NN[C@H](C(N)=O)c2ccccc2)c(C)c1. The summed E-state index contributed by atoms with van der Waals surface area (Å²) in [4.78, 5) is 23.8. The van der Waals surface area contributed by atoms with Crippen LogP contribution in [0.1, 0.15) is 33.1 Å². The Morgan fingerprint density at radius 1 is 1.05 bits per heavy atom. The number of benzene rings is 2. The molecule has 2 aromatic carbocycles. The number of carbonyl (C=O) groups is 2. The Morgan fingerprint density at radius 3 is 2.32 bits per heavy atom. The Hall–Kier alpha value is -2.66. The molecule has 0 aliphatic rings. The minimum Gasteiger partial charge on any atom is -0.368 e. The fraction of sp³-hybridized carbons (Fsp3) is 0.176. The van der Waals surface area contributed by atoms with Gasteiger partial charge >= 0.3 is 0 Å². The highest BCUT2D eigenvalue weighted by molar-refractivity contribution is 5.95. The molecule has 114 valence electrons. The molecule has 0 unspecified atom stereocenters. The van der Waals surface area contributed by atoms with Crippen molar-refractivity contribution in [3.63, 3.8) is 0 Å². The third-order valence-electron chi connectivity index (χ3n) is 3.37. The Bertz CT molecular complexity index is 684. The molecule has 0 saturated carbocycles. The molecule has 4 N–H and O–H groups in total. The summed E-state index contributed by atoms with van der Waals surface area (Å²) in [6, 6.07) is 13.8. The fourth-order valence-corrected chi connectivity index (χ4v) is 2.24. The zero-order valence-corrected chi connectivity index (χ0v) is 12.6. The van der Waals surface area contributed by atoms with Crippen molar-refractivity contribution < 1.29 is 9.59 Å². The minimum absolute atomic E-state index is 0.306. The third kappa shape index (κ3) is 3.71. The van der Waals surface area contributed by atoms with E-state index < -0.39 is 11.9 Å². The molecule has 0 bridgehead atoms. The molecule has 22 heavy (non-hydrogen) atoms. The van der Waals surface area contributed by atoms with Gasteiger partial charge in [0.15, 0.2) is 0 Å². The van der Waals surface area contributed by atoms with Crippen LogP contribution in [0.3, 0.4) is 0 Å². The molecule has 0 fully saturated rings. The van der Waals surface area contributed by atoms with Crippen LogP contribution in [0.5, 0.6) is 0 Å². The first kappa shape index (κ1) is 15.7. The molecular weight excluding hydrogens is 278 g/mol. The van der Waals surface area contributed by atoms with Crippen LogP contribution in [0.15, 0.2) is 48.5 Å². The Kier molecular flexibility index (Phi) is 4.91. The van der Waals surface area contributed by atoms with Crippen molar-refractivity contribution in [3.8, 4) is 0 Å². The second-order valence-electron chi connectivity index (χ2n) is 5.16. The summed E-state index contributed by atoms with van der Waals surface area (Å²) in [5, 5.41) is 0. The number of nitrogens with two attached hydrogens (primary N) is 1. The van der Waals surface area contributed by atoms with Gasteiger partial charge in [0.05, 0.1) is 0 Å². The Morgan fingerprint density at radius 2 is 1.73 bits per heavy atom. The lowest BCUT2D eigenvalue weighted by molar-refractivity contribution is -0.120. The summed E-state index contributed by atoms with van der Waals surface area (Å²) < 4.78 is 0. The zero-order chi connectivity index (χ0) is 16.1. The van der Waals surface area contributed by atoms with Crippen LogP contribution in [-0.2, 0) is 4.79 Å². The van der Waals surface area contributed by atoms with E-state index in [1.807, 2.05) is 32.0 Å². The van der Waals surface area contributed by atoms with Gasteiger partial charge in [-0.1, -0.05) is 48.0 Å². The van der Waals surface area contributed by atoms with E-state index in [0.29, 0.717) is 11.1 Å². The predicted octanol–water partition coefficient (Wildman–Crippen LogP) is 1.76. The van der Waals surface area contributed by atoms with Crippen molar-refractivity contribution >= 4 is 11.8 Å². The van der Waals surface area contributed by atoms with Crippen LogP contribution < -0.4 is 16.6 Å². The summed E-state index contributed by atoms with van der Waals surface area (Å²) in [5.41, 5.74) is 13.8. The standard InChI is InChI=1S/C17H19N3O2/c1-11-8-9-14(12(2)10-11)17(22)20-19-15(16(18)21)13-6-4-3-5-7-13/h3-10,15,19H,1-2H3,(H2,18,21)(H,20,22)/t15-/m0/s1. The second kappa shape index (κ2) is 6.87. The summed E-state index contributed by atoms with van der Waals surface area (Å²) in [6.45, 7) is 3.83. The lowest BCUT2D eigenvalue weighted by atomic mass is 10.1. The summed E-state index contributed by atoms with van der Waals surface area (Å²) in [6.07, 6.45) is 0. The van der Waals surface area contributed by atoms with E-state index >= 15 is 0 Å². The van der Waals surface area contributed by atoms with Crippen molar-refractivity contribution in [2.24, 2.45) is 5.73 Å². The maximum Gasteiger partial charge on any atom is 0.265 e. The number of carbonyl (C=O) groups excluding carboxylic acids is 2. The number of aryl methyl sites for hydroxylation is 2. The van der Waals surface area contributed by atoms with Gasteiger partial charge in [0.2, 0.25) is 5.91 Å². The van der Waals surface area contributed by atoms with Crippen molar-refractivity contribution in [1.29, 1.82) is 0 Å². The highest BCUT2D eigenvalue weighted by Gasteiger charge is 2.18. The van der Waals surface area contributed by atoms with Crippen LogP contribution >= 0.6 is 0 Å². The highest BCUT2D eigenvalue weighted by Crippen LogP contribution is 2.12. The van der Waals surface area contributed by atoms with Gasteiger partial charge in [-0.05, 0) is 31.0 Å². The van der Waals surface area contributed by atoms with Crippen molar-refractivity contribution in [2.45, 2.75) is 19.9 Å². The molecule has 2 rings (SSSR count). The lowest BCUT2D eigenvalue weighted by Gasteiger charge is -2.17. The van der Waals surface area contributed by atoms with E-state index in [1.54, 1.807) is 30.3 Å². The molecule has 2 aromatic rings. The average Bonchev–Trinajstić information content (AvgIpc) is 2.48. The lowest BCUT2D eigenvalue weighted by Crippen LogP contribution is -2.45. The molecule has 5 heteroatoms. The smallest absolute Gasteiger partial charge is 0.265 e. The molecule has 0 saturated heterocycles.